The molecule has 0 saturated carbocycles. The van der Waals surface area contributed by atoms with Crippen LogP contribution in [0.4, 0.5) is 0 Å². The zero-order valence-electron chi connectivity index (χ0n) is 13.0. The van der Waals surface area contributed by atoms with Gasteiger partial charge in [-0.2, -0.15) is 0 Å². The predicted molar refractivity (Wildman–Crippen MR) is 90.2 cm³/mol. The van der Waals surface area contributed by atoms with E-state index in [2.05, 4.69) is 5.32 Å². The summed E-state index contributed by atoms with van der Waals surface area (Å²) in [5.41, 5.74) is 0. The van der Waals surface area contributed by atoms with E-state index in [4.69, 9.17) is 0 Å². The van der Waals surface area contributed by atoms with Crippen molar-refractivity contribution in [2.75, 3.05) is 19.6 Å². The lowest BCUT2D eigenvalue weighted by molar-refractivity contribution is -0.128. The molecular weight excluding hydrogens is 312 g/mol. The summed E-state index contributed by atoms with van der Waals surface area (Å²) in [5, 5.41) is 14.2. The third-order valence-corrected chi connectivity index (χ3v) is 5.46. The number of aliphatic hydroxyl groups is 1. The van der Waals surface area contributed by atoms with Gasteiger partial charge in [-0.05, 0) is 23.9 Å². The van der Waals surface area contributed by atoms with E-state index in [0.29, 0.717) is 19.5 Å². The Bertz CT molecular complexity index is 694. The van der Waals surface area contributed by atoms with Gasteiger partial charge in [-0.25, -0.2) is 0 Å². The third kappa shape index (κ3) is 3.54. The highest BCUT2D eigenvalue weighted by molar-refractivity contribution is 7.19. The summed E-state index contributed by atoms with van der Waals surface area (Å²) in [6, 6.07) is 9.93. The molecule has 1 saturated heterocycles. The maximum absolute atomic E-state index is 12.2. The molecule has 1 aromatic carbocycles. The Morgan fingerprint density at radius 1 is 1.43 bits per heavy atom. The lowest BCUT2D eigenvalue weighted by Gasteiger charge is -2.15. The van der Waals surface area contributed by atoms with E-state index in [0.717, 1.165) is 15.0 Å². The Morgan fingerprint density at radius 3 is 2.91 bits per heavy atom. The Balaban J connectivity index is 1.55. The van der Waals surface area contributed by atoms with Crippen molar-refractivity contribution in [1.82, 2.24) is 10.2 Å². The second kappa shape index (κ2) is 6.68. The Labute approximate surface area is 138 Å². The summed E-state index contributed by atoms with van der Waals surface area (Å²) in [7, 11) is 0. The van der Waals surface area contributed by atoms with E-state index in [1.807, 2.05) is 30.3 Å². The lowest BCUT2D eigenvalue weighted by atomic mass is 10.1. The number of fused-ring (bicyclic) bond motifs is 1. The molecule has 1 aliphatic rings. The van der Waals surface area contributed by atoms with Gasteiger partial charge in [-0.1, -0.05) is 18.2 Å². The van der Waals surface area contributed by atoms with Crippen molar-refractivity contribution in [2.45, 2.75) is 19.4 Å². The molecule has 122 valence electrons. The molecule has 0 radical (unpaired) electrons. The van der Waals surface area contributed by atoms with Crippen LogP contribution in [0.5, 0.6) is 0 Å². The Kier molecular flexibility index (Phi) is 4.63. The largest absolute Gasteiger partial charge is 0.386 e. The van der Waals surface area contributed by atoms with Crippen LogP contribution in [0.15, 0.2) is 30.3 Å². The van der Waals surface area contributed by atoms with Crippen LogP contribution in [0.1, 0.15) is 24.3 Å². The molecule has 1 aliphatic heterocycles. The van der Waals surface area contributed by atoms with Gasteiger partial charge in [-0.3, -0.25) is 9.59 Å². The number of amides is 2. The fraction of sp³-hybridized carbons (Fsp3) is 0.412. The maximum atomic E-state index is 12.2. The summed E-state index contributed by atoms with van der Waals surface area (Å²) >= 11 is 1.54. The first kappa shape index (κ1) is 16.0. The normalized spacial score (nSPS) is 19.0. The van der Waals surface area contributed by atoms with Gasteiger partial charge in [0.05, 0.1) is 5.92 Å². The second-order valence-electron chi connectivity index (χ2n) is 5.90. The van der Waals surface area contributed by atoms with Crippen LogP contribution in [-0.2, 0) is 9.59 Å². The molecule has 5 nitrogen and oxygen atoms in total. The van der Waals surface area contributed by atoms with E-state index in [-0.39, 0.29) is 24.3 Å². The zero-order chi connectivity index (χ0) is 16.4. The van der Waals surface area contributed by atoms with Gasteiger partial charge >= 0.3 is 0 Å². The second-order valence-corrected chi connectivity index (χ2v) is 7.01. The Hall–Kier alpha value is -1.92. The van der Waals surface area contributed by atoms with Gasteiger partial charge in [-0.15, -0.1) is 11.3 Å². The van der Waals surface area contributed by atoms with Crippen LogP contribution in [0.25, 0.3) is 10.1 Å². The SMILES string of the molecule is CC(=O)N1CCC(C(=O)NCC(O)c2cc3ccccc3s2)C1. The lowest BCUT2D eigenvalue weighted by Crippen LogP contribution is -2.35. The topological polar surface area (TPSA) is 69.6 Å². The summed E-state index contributed by atoms with van der Waals surface area (Å²) < 4.78 is 1.13. The number of hydrogen-bond acceptors (Lipinski definition) is 4. The van der Waals surface area contributed by atoms with Gasteiger partial charge < -0.3 is 15.3 Å². The van der Waals surface area contributed by atoms with Crippen LogP contribution in [0, 0.1) is 5.92 Å². The first-order valence-corrected chi connectivity index (χ1v) is 8.56. The standard InChI is InChI=1S/C17H20N2O3S/c1-11(20)19-7-6-13(10-19)17(22)18-9-14(21)16-8-12-4-2-3-5-15(12)23-16/h2-5,8,13-14,21H,6-7,9-10H2,1H3,(H,18,22). The highest BCUT2D eigenvalue weighted by atomic mass is 32.1. The van der Waals surface area contributed by atoms with E-state index >= 15 is 0 Å². The fourth-order valence-electron chi connectivity index (χ4n) is 2.87. The average Bonchev–Trinajstić information content (AvgIpc) is 3.18. The fourth-order valence-corrected chi connectivity index (χ4v) is 3.92. The molecule has 3 rings (SSSR count). The number of aliphatic hydroxyl groups excluding tert-OH is 1. The van der Waals surface area contributed by atoms with Crippen LogP contribution < -0.4 is 5.32 Å². The molecule has 23 heavy (non-hydrogen) atoms. The quantitative estimate of drug-likeness (QED) is 0.899. The molecular formula is C17H20N2O3S. The van der Waals surface area contributed by atoms with E-state index in [1.165, 1.54) is 18.3 Å². The monoisotopic (exact) mass is 332 g/mol. The first-order chi connectivity index (χ1) is 11.0. The van der Waals surface area contributed by atoms with Crippen LogP contribution >= 0.6 is 11.3 Å². The Morgan fingerprint density at radius 2 is 2.22 bits per heavy atom. The molecule has 2 atom stereocenters. The molecule has 2 heterocycles. The van der Waals surface area contributed by atoms with E-state index in [9.17, 15) is 14.7 Å². The molecule has 1 fully saturated rings. The van der Waals surface area contributed by atoms with Crippen molar-refractivity contribution in [3.05, 3.63) is 35.2 Å². The zero-order valence-corrected chi connectivity index (χ0v) is 13.8. The molecule has 0 aliphatic carbocycles. The van der Waals surface area contributed by atoms with Gasteiger partial charge in [0.1, 0.15) is 6.10 Å². The van der Waals surface area contributed by atoms with Crippen LogP contribution in [-0.4, -0.2) is 41.5 Å². The van der Waals surface area contributed by atoms with Crippen LogP contribution in [0.3, 0.4) is 0 Å². The molecule has 0 bridgehead atoms. The smallest absolute Gasteiger partial charge is 0.225 e. The number of likely N-dealkylation sites (tertiary alicyclic amines) is 1. The minimum absolute atomic E-state index is 0.00519. The summed E-state index contributed by atoms with van der Waals surface area (Å²) in [6.07, 6.45) is -0.0219. The highest BCUT2D eigenvalue weighted by Gasteiger charge is 2.29. The third-order valence-electron chi connectivity index (χ3n) is 4.25. The molecule has 6 heteroatoms. The summed E-state index contributed by atoms with van der Waals surface area (Å²) in [5.74, 6) is -0.256. The number of carbonyl (C=O) groups excluding carboxylic acids is 2. The van der Waals surface area contributed by atoms with Crippen LogP contribution in [0.2, 0.25) is 0 Å². The highest BCUT2D eigenvalue weighted by Crippen LogP contribution is 2.29. The number of nitrogens with zero attached hydrogens (tertiary/aromatic N) is 1. The predicted octanol–water partition coefficient (Wildman–Crippen LogP) is 1.92. The molecule has 2 amide bonds. The number of hydrogen-bond donors (Lipinski definition) is 2. The summed E-state index contributed by atoms with van der Waals surface area (Å²) in [4.78, 5) is 26.0. The molecule has 2 unspecified atom stereocenters. The number of carbonyl (C=O) groups is 2. The van der Waals surface area contributed by atoms with Gasteiger partial charge in [0.2, 0.25) is 11.8 Å². The van der Waals surface area contributed by atoms with Gasteiger partial charge in [0.25, 0.3) is 0 Å². The van der Waals surface area contributed by atoms with Crippen molar-refractivity contribution >= 4 is 33.2 Å². The van der Waals surface area contributed by atoms with Crippen molar-refractivity contribution in [1.29, 1.82) is 0 Å². The number of benzene rings is 1. The van der Waals surface area contributed by atoms with E-state index < -0.39 is 6.10 Å². The van der Waals surface area contributed by atoms with Crippen molar-refractivity contribution in [3.8, 4) is 0 Å². The van der Waals surface area contributed by atoms with Crippen molar-refractivity contribution in [3.63, 3.8) is 0 Å². The van der Waals surface area contributed by atoms with Crippen molar-refractivity contribution in [2.24, 2.45) is 5.92 Å². The first-order valence-electron chi connectivity index (χ1n) is 7.74. The summed E-state index contributed by atoms with van der Waals surface area (Å²) in [6.45, 7) is 2.82. The molecule has 2 aromatic rings. The average molecular weight is 332 g/mol. The number of rotatable bonds is 4. The van der Waals surface area contributed by atoms with E-state index in [1.54, 1.807) is 4.90 Å². The van der Waals surface area contributed by atoms with Gasteiger partial charge in [0, 0.05) is 36.1 Å². The number of nitrogens with one attached hydrogen (secondary N) is 1. The molecule has 2 N–H and O–H groups in total. The molecule has 1 aromatic heterocycles. The maximum Gasteiger partial charge on any atom is 0.225 e. The molecule has 0 spiro atoms. The number of thiophene rings is 1. The minimum Gasteiger partial charge on any atom is -0.386 e. The van der Waals surface area contributed by atoms with Gasteiger partial charge in [0.15, 0.2) is 0 Å². The van der Waals surface area contributed by atoms with Crippen molar-refractivity contribution < 1.29 is 14.7 Å². The minimum atomic E-state index is -0.707.